The van der Waals surface area contributed by atoms with Crippen LogP contribution in [0.5, 0.6) is 0 Å². The zero-order valence-electron chi connectivity index (χ0n) is 22.3. The molecule has 41 heavy (non-hydrogen) atoms. The summed E-state index contributed by atoms with van der Waals surface area (Å²) < 4.78 is 4.69. The van der Waals surface area contributed by atoms with Crippen LogP contribution in [0.1, 0.15) is 48.8 Å². The minimum Gasteiger partial charge on any atom is -0.453 e. The Morgan fingerprint density at radius 2 is 2.10 bits per heavy atom. The van der Waals surface area contributed by atoms with E-state index in [9.17, 15) is 14.9 Å². The number of imidazole rings is 1. The number of benzene rings is 2. The third-order valence-corrected chi connectivity index (χ3v) is 6.63. The SMILES string of the molecule is COC(=O)Nc1ccc2c(c1)NCCCCC[C@H](NC(=O)/C=C/c1cc(Cl)ccc1N/C=N\N)c1nc-2c(C#N)[nH]1. The summed E-state index contributed by atoms with van der Waals surface area (Å²) in [6, 6.07) is 12.2. The summed E-state index contributed by atoms with van der Waals surface area (Å²) in [4.78, 5) is 32.6. The molecule has 1 aromatic heterocycles. The van der Waals surface area contributed by atoms with Gasteiger partial charge in [0.25, 0.3) is 0 Å². The van der Waals surface area contributed by atoms with Gasteiger partial charge in [-0.25, -0.2) is 9.78 Å². The monoisotopic (exact) mass is 575 g/mol. The summed E-state index contributed by atoms with van der Waals surface area (Å²) in [6.45, 7) is 0.679. The fraction of sp³-hybridized carbons (Fsp3) is 0.250. The van der Waals surface area contributed by atoms with Gasteiger partial charge < -0.3 is 31.5 Å². The third-order valence-electron chi connectivity index (χ3n) is 6.39. The molecule has 2 amide bonds. The van der Waals surface area contributed by atoms with Gasteiger partial charge in [-0.3, -0.25) is 10.1 Å². The first-order chi connectivity index (χ1) is 19.9. The normalized spacial score (nSPS) is 15.1. The molecule has 1 atom stereocenters. The van der Waals surface area contributed by atoms with Crippen molar-refractivity contribution in [1.82, 2.24) is 15.3 Å². The van der Waals surface area contributed by atoms with Crippen LogP contribution in [0, 0.1) is 11.3 Å². The van der Waals surface area contributed by atoms with Gasteiger partial charge >= 0.3 is 6.09 Å². The van der Waals surface area contributed by atoms with Crippen molar-refractivity contribution >= 4 is 53.1 Å². The van der Waals surface area contributed by atoms with Crippen LogP contribution in [0.15, 0.2) is 47.6 Å². The average molecular weight is 576 g/mol. The summed E-state index contributed by atoms with van der Waals surface area (Å²) >= 11 is 6.15. The fourth-order valence-corrected chi connectivity index (χ4v) is 4.60. The predicted molar refractivity (Wildman–Crippen MR) is 159 cm³/mol. The summed E-state index contributed by atoms with van der Waals surface area (Å²) in [5, 5.41) is 25.8. The Labute approximate surface area is 242 Å². The Balaban J connectivity index is 1.62. The molecule has 1 aliphatic rings. The van der Waals surface area contributed by atoms with Crippen molar-refractivity contribution in [1.29, 1.82) is 5.26 Å². The molecule has 12 nitrogen and oxygen atoms in total. The Kier molecular flexibility index (Phi) is 9.80. The number of H-pyrrole nitrogens is 1. The van der Waals surface area contributed by atoms with E-state index in [-0.39, 0.29) is 11.6 Å². The van der Waals surface area contributed by atoms with Crippen LogP contribution in [-0.2, 0) is 9.53 Å². The number of nitrogens with zero attached hydrogens (tertiary/aromatic N) is 3. The van der Waals surface area contributed by atoms with Gasteiger partial charge in [-0.1, -0.05) is 24.4 Å². The Bertz CT molecular complexity index is 1510. The van der Waals surface area contributed by atoms with Crippen LogP contribution in [0.2, 0.25) is 5.02 Å². The first-order valence-corrected chi connectivity index (χ1v) is 13.3. The second-order valence-corrected chi connectivity index (χ2v) is 9.60. The number of nitrogens with two attached hydrogens (primary N) is 1. The van der Waals surface area contributed by atoms with Gasteiger partial charge in [0.15, 0.2) is 0 Å². The number of amides is 2. The molecular weight excluding hydrogens is 546 g/mol. The molecule has 0 unspecified atom stereocenters. The van der Waals surface area contributed by atoms with Crippen molar-refractivity contribution in [3.8, 4) is 17.3 Å². The van der Waals surface area contributed by atoms with E-state index in [1.807, 2.05) is 0 Å². The van der Waals surface area contributed by atoms with Gasteiger partial charge in [0, 0.05) is 40.3 Å². The summed E-state index contributed by atoms with van der Waals surface area (Å²) in [7, 11) is 1.29. The van der Waals surface area contributed by atoms with Crippen LogP contribution in [0.25, 0.3) is 17.3 Å². The molecule has 0 fully saturated rings. The lowest BCUT2D eigenvalue weighted by Gasteiger charge is -2.17. The lowest BCUT2D eigenvalue weighted by molar-refractivity contribution is -0.117. The average Bonchev–Trinajstić information content (AvgIpc) is 3.40. The number of hydrogen-bond donors (Lipinski definition) is 6. The van der Waals surface area contributed by atoms with Crippen molar-refractivity contribution in [2.45, 2.75) is 31.7 Å². The number of carbonyl (C=O) groups is 2. The van der Waals surface area contributed by atoms with Gasteiger partial charge in [-0.15, -0.1) is 0 Å². The van der Waals surface area contributed by atoms with Crippen LogP contribution < -0.4 is 27.1 Å². The number of aromatic amines is 1. The number of nitriles is 1. The molecule has 2 heterocycles. The van der Waals surface area contributed by atoms with Crippen molar-refractivity contribution in [2.75, 3.05) is 29.6 Å². The third kappa shape index (κ3) is 7.55. The maximum atomic E-state index is 13.0. The molecule has 3 aromatic rings. The number of methoxy groups -OCH3 is 1. The number of ether oxygens (including phenoxy) is 1. The molecule has 4 rings (SSSR count). The van der Waals surface area contributed by atoms with E-state index in [4.69, 9.17) is 27.2 Å². The van der Waals surface area contributed by atoms with Crippen molar-refractivity contribution in [3.63, 3.8) is 0 Å². The summed E-state index contributed by atoms with van der Waals surface area (Å²) in [5.74, 6) is 5.33. The van der Waals surface area contributed by atoms with E-state index in [0.29, 0.717) is 57.7 Å². The van der Waals surface area contributed by atoms with Gasteiger partial charge in [-0.2, -0.15) is 10.4 Å². The van der Waals surface area contributed by atoms with Crippen molar-refractivity contribution < 1.29 is 14.3 Å². The highest BCUT2D eigenvalue weighted by atomic mass is 35.5. The molecule has 7 N–H and O–H groups in total. The number of carbonyl (C=O) groups excluding carboxylic acids is 2. The van der Waals surface area contributed by atoms with E-state index in [1.54, 1.807) is 42.5 Å². The smallest absolute Gasteiger partial charge is 0.411 e. The van der Waals surface area contributed by atoms with E-state index < -0.39 is 12.1 Å². The topological polar surface area (TPSA) is 182 Å². The molecule has 0 aliphatic carbocycles. The lowest BCUT2D eigenvalue weighted by atomic mass is 10.0. The number of nitrogens with one attached hydrogen (secondary N) is 5. The van der Waals surface area contributed by atoms with E-state index >= 15 is 0 Å². The minimum atomic E-state index is -0.585. The highest BCUT2D eigenvalue weighted by molar-refractivity contribution is 6.30. The maximum Gasteiger partial charge on any atom is 0.411 e. The Morgan fingerprint density at radius 1 is 1.24 bits per heavy atom. The minimum absolute atomic E-state index is 0.266. The van der Waals surface area contributed by atoms with Crippen molar-refractivity contribution in [2.24, 2.45) is 10.9 Å². The summed E-state index contributed by atoms with van der Waals surface area (Å²) in [6.07, 6.45) is 7.04. The predicted octanol–water partition coefficient (Wildman–Crippen LogP) is 4.95. The van der Waals surface area contributed by atoms with E-state index in [2.05, 4.69) is 37.4 Å². The van der Waals surface area contributed by atoms with Crippen LogP contribution >= 0.6 is 11.6 Å². The van der Waals surface area contributed by atoms with E-state index in [1.165, 1.54) is 19.5 Å². The van der Waals surface area contributed by atoms with Crippen LogP contribution in [0.4, 0.5) is 21.9 Å². The van der Waals surface area contributed by atoms with Crippen LogP contribution in [0.3, 0.4) is 0 Å². The zero-order valence-corrected chi connectivity index (χ0v) is 23.1. The molecule has 1 aliphatic heterocycles. The summed E-state index contributed by atoms with van der Waals surface area (Å²) in [5.41, 5.74) is 3.99. The number of fused-ring (bicyclic) bond motifs is 4. The molecule has 2 aromatic carbocycles. The molecule has 212 valence electrons. The number of hydrazone groups is 1. The maximum absolute atomic E-state index is 13.0. The van der Waals surface area contributed by atoms with Crippen molar-refractivity contribution in [3.05, 3.63) is 64.6 Å². The quantitative estimate of drug-likeness (QED) is 0.0784. The second kappa shape index (κ2) is 13.9. The molecule has 0 spiro atoms. The van der Waals surface area contributed by atoms with E-state index in [0.717, 1.165) is 19.3 Å². The molecule has 0 radical (unpaired) electrons. The first kappa shape index (κ1) is 29.0. The van der Waals surface area contributed by atoms with Gasteiger partial charge in [0.1, 0.15) is 29.6 Å². The Hall–Kier alpha value is -5.02. The molecule has 2 bridgehead atoms. The first-order valence-electron chi connectivity index (χ1n) is 12.9. The molecule has 0 saturated carbocycles. The fourth-order valence-electron chi connectivity index (χ4n) is 4.42. The highest BCUT2D eigenvalue weighted by Crippen LogP contribution is 2.34. The van der Waals surface area contributed by atoms with Gasteiger partial charge in [-0.05, 0) is 60.9 Å². The second-order valence-electron chi connectivity index (χ2n) is 9.16. The Morgan fingerprint density at radius 3 is 2.88 bits per heavy atom. The number of anilines is 3. The molecule has 0 saturated heterocycles. The molecular formula is C28H30ClN9O3. The zero-order chi connectivity index (χ0) is 29.2. The number of rotatable bonds is 6. The molecule has 13 heteroatoms. The van der Waals surface area contributed by atoms with Gasteiger partial charge in [0.05, 0.1) is 13.2 Å². The van der Waals surface area contributed by atoms with Gasteiger partial charge in [0.2, 0.25) is 5.91 Å². The van der Waals surface area contributed by atoms with Crippen LogP contribution in [-0.4, -0.2) is 42.0 Å². The largest absolute Gasteiger partial charge is 0.453 e. The number of aromatic nitrogens is 2. The number of hydrogen-bond acceptors (Lipinski definition) is 8. The number of halogens is 1. The lowest BCUT2D eigenvalue weighted by Crippen LogP contribution is -2.28. The standard InChI is InChI=1S/C28H30ClN9O3/c1-41-28(40)35-19-8-9-20-23(14-19)32-12-4-2-3-5-22(27-37-24(15-30)26(20)38-27)36-25(39)11-6-17-13-18(29)7-10-21(17)33-16-34-31/h6-11,13-14,16,22,32H,2-5,12,31H2,1H3,(H,33,34)(H,35,40)(H,36,39)(H,37,38)/b11-6+/t22-/m0/s1. The highest BCUT2D eigenvalue weighted by Gasteiger charge is 2.23.